The van der Waals surface area contributed by atoms with E-state index in [-0.39, 0.29) is 12.0 Å². The number of anilines is 1. The van der Waals surface area contributed by atoms with E-state index in [1.54, 1.807) is 25.3 Å². The predicted octanol–water partition coefficient (Wildman–Crippen LogP) is 1.77. The average molecular weight is 248 g/mol. The number of ether oxygens (including phenoxy) is 1. The van der Waals surface area contributed by atoms with E-state index in [9.17, 15) is 4.79 Å². The minimum atomic E-state index is 0.0382. The van der Waals surface area contributed by atoms with Gasteiger partial charge in [0.05, 0.1) is 6.10 Å². The number of nitrogens with two attached hydrogens (primary N) is 1. The quantitative estimate of drug-likeness (QED) is 0.811. The minimum Gasteiger partial charge on any atom is -0.399 e. The lowest BCUT2D eigenvalue weighted by atomic mass is 9.95. The van der Waals surface area contributed by atoms with Crippen molar-refractivity contribution in [1.82, 2.24) is 4.90 Å². The van der Waals surface area contributed by atoms with E-state index in [1.807, 2.05) is 11.0 Å². The molecule has 1 aliphatic rings. The number of carbonyl (C=O) groups excluding carboxylic acids is 1. The van der Waals surface area contributed by atoms with Gasteiger partial charge in [0.15, 0.2) is 0 Å². The summed E-state index contributed by atoms with van der Waals surface area (Å²) in [6.07, 6.45) is 1.11. The van der Waals surface area contributed by atoms with Crippen molar-refractivity contribution in [3.8, 4) is 0 Å². The number of rotatable bonds is 2. The van der Waals surface area contributed by atoms with E-state index in [4.69, 9.17) is 10.5 Å². The van der Waals surface area contributed by atoms with E-state index < -0.39 is 0 Å². The molecular weight excluding hydrogens is 228 g/mol. The van der Waals surface area contributed by atoms with Crippen molar-refractivity contribution in [2.24, 2.45) is 5.92 Å². The van der Waals surface area contributed by atoms with Crippen molar-refractivity contribution in [2.75, 3.05) is 25.9 Å². The van der Waals surface area contributed by atoms with Crippen LogP contribution < -0.4 is 5.73 Å². The van der Waals surface area contributed by atoms with Gasteiger partial charge in [-0.25, -0.2) is 0 Å². The van der Waals surface area contributed by atoms with Crippen LogP contribution >= 0.6 is 0 Å². The molecule has 1 fully saturated rings. The molecule has 0 aliphatic carbocycles. The number of hydrogen-bond donors (Lipinski definition) is 1. The summed E-state index contributed by atoms with van der Waals surface area (Å²) in [6, 6.07) is 7.12. The van der Waals surface area contributed by atoms with Gasteiger partial charge in [-0.1, -0.05) is 13.0 Å². The van der Waals surface area contributed by atoms with E-state index in [0.717, 1.165) is 13.0 Å². The topological polar surface area (TPSA) is 55.6 Å². The molecule has 4 nitrogen and oxygen atoms in total. The Morgan fingerprint density at radius 1 is 1.50 bits per heavy atom. The number of amides is 1. The number of piperidine rings is 1. The maximum atomic E-state index is 12.3. The molecule has 0 saturated carbocycles. The molecule has 0 spiro atoms. The Balaban J connectivity index is 2.10. The fraction of sp³-hybridized carbons (Fsp3) is 0.500. The summed E-state index contributed by atoms with van der Waals surface area (Å²) < 4.78 is 5.42. The van der Waals surface area contributed by atoms with E-state index in [1.165, 1.54) is 0 Å². The third kappa shape index (κ3) is 2.64. The first kappa shape index (κ1) is 12.9. The second kappa shape index (κ2) is 5.40. The van der Waals surface area contributed by atoms with Crippen molar-refractivity contribution in [3.05, 3.63) is 29.8 Å². The summed E-state index contributed by atoms with van der Waals surface area (Å²) in [5.74, 6) is 0.538. The van der Waals surface area contributed by atoms with Crippen LogP contribution in [0.1, 0.15) is 23.7 Å². The van der Waals surface area contributed by atoms with Crippen molar-refractivity contribution in [1.29, 1.82) is 0 Å². The maximum Gasteiger partial charge on any atom is 0.254 e. The summed E-state index contributed by atoms with van der Waals surface area (Å²) in [6.45, 7) is 3.61. The zero-order valence-corrected chi connectivity index (χ0v) is 10.9. The lowest BCUT2D eigenvalue weighted by molar-refractivity contribution is -0.00156. The van der Waals surface area contributed by atoms with Crippen LogP contribution in [0.4, 0.5) is 5.69 Å². The van der Waals surface area contributed by atoms with Crippen LogP contribution in [0, 0.1) is 5.92 Å². The highest BCUT2D eigenvalue weighted by Crippen LogP contribution is 2.21. The molecule has 0 radical (unpaired) electrons. The first-order valence-corrected chi connectivity index (χ1v) is 6.29. The fourth-order valence-electron chi connectivity index (χ4n) is 2.38. The third-order valence-electron chi connectivity index (χ3n) is 3.61. The molecule has 0 bridgehead atoms. The Kier molecular flexibility index (Phi) is 3.87. The van der Waals surface area contributed by atoms with Crippen molar-refractivity contribution >= 4 is 11.6 Å². The lowest BCUT2D eigenvalue weighted by Gasteiger charge is -2.36. The average Bonchev–Trinajstić information content (AvgIpc) is 2.38. The molecule has 2 rings (SSSR count). The minimum absolute atomic E-state index is 0.0382. The summed E-state index contributed by atoms with van der Waals surface area (Å²) in [7, 11) is 1.70. The van der Waals surface area contributed by atoms with Crippen molar-refractivity contribution < 1.29 is 9.53 Å². The molecule has 1 heterocycles. The smallest absolute Gasteiger partial charge is 0.254 e. The Bertz CT molecular complexity index is 434. The maximum absolute atomic E-state index is 12.3. The summed E-state index contributed by atoms with van der Waals surface area (Å²) in [5, 5.41) is 0. The number of carbonyl (C=O) groups is 1. The molecule has 2 N–H and O–H groups in total. The number of nitrogen functional groups attached to an aromatic ring is 1. The normalized spacial score (nSPS) is 24.0. The van der Waals surface area contributed by atoms with Gasteiger partial charge in [-0.3, -0.25) is 4.79 Å². The zero-order chi connectivity index (χ0) is 13.1. The van der Waals surface area contributed by atoms with Gasteiger partial charge >= 0.3 is 0 Å². The zero-order valence-electron chi connectivity index (χ0n) is 10.9. The van der Waals surface area contributed by atoms with Crippen molar-refractivity contribution in [3.63, 3.8) is 0 Å². The highest BCUT2D eigenvalue weighted by atomic mass is 16.5. The van der Waals surface area contributed by atoms with Crippen LogP contribution in [0.2, 0.25) is 0 Å². The fourth-order valence-corrected chi connectivity index (χ4v) is 2.38. The number of likely N-dealkylation sites (tertiary alicyclic amines) is 1. The molecular formula is C14H20N2O2. The van der Waals surface area contributed by atoms with Gasteiger partial charge in [0.2, 0.25) is 0 Å². The standard InChI is InChI=1S/C14H20N2O2/c1-10-6-7-16(9-13(10)18-2)14(17)11-4-3-5-12(15)8-11/h3-5,8,10,13H,6-7,9,15H2,1-2H3. The first-order chi connectivity index (χ1) is 8.61. The molecule has 1 aliphatic heterocycles. The predicted molar refractivity (Wildman–Crippen MR) is 71.3 cm³/mol. The Morgan fingerprint density at radius 2 is 2.28 bits per heavy atom. The summed E-state index contributed by atoms with van der Waals surface area (Å²) in [4.78, 5) is 14.2. The van der Waals surface area contributed by atoms with E-state index in [2.05, 4.69) is 6.92 Å². The second-order valence-electron chi connectivity index (χ2n) is 4.92. The van der Waals surface area contributed by atoms with Gasteiger partial charge in [0.1, 0.15) is 0 Å². The van der Waals surface area contributed by atoms with E-state index in [0.29, 0.717) is 23.7 Å². The monoisotopic (exact) mass is 248 g/mol. The Labute approximate surface area is 108 Å². The van der Waals surface area contributed by atoms with Crippen LogP contribution in [0.15, 0.2) is 24.3 Å². The molecule has 4 heteroatoms. The number of hydrogen-bond acceptors (Lipinski definition) is 3. The summed E-state index contributed by atoms with van der Waals surface area (Å²) >= 11 is 0. The highest BCUT2D eigenvalue weighted by Gasteiger charge is 2.29. The van der Waals surface area contributed by atoms with Gasteiger partial charge < -0.3 is 15.4 Å². The Hall–Kier alpha value is -1.55. The number of benzene rings is 1. The van der Waals surface area contributed by atoms with Crippen molar-refractivity contribution in [2.45, 2.75) is 19.4 Å². The van der Waals surface area contributed by atoms with Gasteiger partial charge in [0.25, 0.3) is 5.91 Å². The van der Waals surface area contributed by atoms with Crippen LogP contribution in [-0.2, 0) is 4.74 Å². The molecule has 98 valence electrons. The third-order valence-corrected chi connectivity index (χ3v) is 3.61. The van der Waals surface area contributed by atoms with Gasteiger partial charge in [0, 0.05) is 31.5 Å². The second-order valence-corrected chi connectivity index (χ2v) is 4.92. The van der Waals surface area contributed by atoms with Gasteiger partial charge in [-0.2, -0.15) is 0 Å². The lowest BCUT2D eigenvalue weighted by Crippen LogP contribution is -2.46. The molecule has 1 saturated heterocycles. The van der Waals surface area contributed by atoms with Crippen LogP contribution in [0.3, 0.4) is 0 Å². The molecule has 1 amide bonds. The Morgan fingerprint density at radius 3 is 2.94 bits per heavy atom. The number of methoxy groups -OCH3 is 1. The largest absolute Gasteiger partial charge is 0.399 e. The van der Waals surface area contributed by atoms with Crippen LogP contribution in [0.5, 0.6) is 0 Å². The highest BCUT2D eigenvalue weighted by molar-refractivity contribution is 5.95. The van der Waals surface area contributed by atoms with E-state index >= 15 is 0 Å². The van der Waals surface area contributed by atoms with Crippen LogP contribution in [0.25, 0.3) is 0 Å². The SMILES string of the molecule is COC1CN(C(=O)c2cccc(N)c2)CCC1C. The summed E-state index contributed by atoms with van der Waals surface area (Å²) in [5.41, 5.74) is 6.98. The molecule has 1 aromatic rings. The number of nitrogens with zero attached hydrogens (tertiary/aromatic N) is 1. The van der Waals surface area contributed by atoms with Crippen LogP contribution in [-0.4, -0.2) is 37.1 Å². The molecule has 2 atom stereocenters. The first-order valence-electron chi connectivity index (χ1n) is 6.29. The molecule has 0 aromatic heterocycles. The molecule has 1 aromatic carbocycles. The van der Waals surface area contributed by atoms with Gasteiger partial charge in [-0.05, 0) is 30.5 Å². The molecule has 2 unspecified atom stereocenters. The van der Waals surface area contributed by atoms with Gasteiger partial charge in [-0.15, -0.1) is 0 Å². The molecule has 18 heavy (non-hydrogen) atoms.